The zero-order chi connectivity index (χ0) is 14.7. The number of hydrogen-bond acceptors (Lipinski definition) is 4. The third-order valence-electron chi connectivity index (χ3n) is 3.50. The summed E-state index contributed by atoms with van der Waals surface area (Å²) < 4.78 is 0.683. The SMILES string of the molecule is O=C(O)C1CCN(Cc2cc(Br)cc([N+](=O)[O-])c2)CC1. The molecular weight excluding hydrogens is 328 g/mol. The van der Waals surface area contributed by atoms with E-state index in [0.717, 1.165) is 5.56 Å². The normalized spacial score (nSPS) is 17.1. The van der Waals surface area contributed by atoms with Crippen LogP contribution in [0.5, 0.6) is 0 Å². The van der Waals surface area contributed by atoms with Gasteiger partial charge in [0.05, 0.1) is 10.8 Å². The van der Waals surface area contributed by atoms with Crippen molar-refractivity contribution >= 4 is 27.6 Å². The number of carboxylic acids is 1. The lowest BCUT2D eigenvalue weighted by molar-refractivity contribution is -0.385. The van der Waals surface area contributed by atoms with Crippen molar-refractivity contribution in [3.05, 3.63) is 38.3 Å². The van der Waals surface area contributed by atoms with Crippen molar-refractivity contribution in [1.82, 2.24) is 4.90 Å². The first-order chi connectivity index (χ1) is 9.45. The van der Waals surface area contributed by atoms with Crippen LogP contribution in [0.1, 0.15) is 18.4 Å². The van der Waals surface area contributed by atoms with Crippen molar-refractivity contribution in [1.29, 1.82) is 0 Å². The van der Waals surface area contributed by atoms with E-state index in [2.05, 4.69) is 20.8 Å². The van der Waals surface area contributed by atoms with Crippen molar-refractivity contribution in [2.45, 2.75) is 19.4 Å². The molecule has 0 bridgehead atoms. The second-order valence-corrected chi connectivity index (χ2v) is 5.88. The van der Waals surface area contributed by atoms with Gasteiger partial charge in [-0.15, -0.1) is 0 Å². The molecular formula is C13H15BrN2O4. The highest BCUT2D eigenvalue weighted by molar-refractivity contribution is 9.10. The summed E-state index contributed by atoms with van der Waals surface area (Å²) in [5.74, 6) is -0.995. The van der Waals surface area contributed by atoms with Crippen LogP contribution in [0.4, 0.5) is 5.69 Å². The van der Waals surface area contributed by atoms with E-state index >= 15 is 0 Å². The molecule has 0 spiro atoms. The molecule has 108 valence electrons. The van der Waals surface area contributed by atoms with E-state index < -0.39 is 10.9 Å². The summed E-state index contributed by atoms with van der Waals surface area (Å²) in [6.45, 7) is 2.02. The maximum atomic E-state index is 10.9. The molecule has 1 aliphatic rings. The van der Waals surface area contributed by atoms with E-state index in [1.807, 2.05) is 6.07 Å². The molecule has 0 saturated carbocycles. The number of nitrogens with zero attached hydrogens (tertiary/aromatic N) is 2. The van der Waals surface area contributed by atoms with Gasteiger partial charge in [0, 0.05) is 23.2 Å². The Morgan fingerprint density at radius 3 is 2.60 bits per heavy atom. The number of non-ortho nitro benzene ring substituents is 1. The first-order valence-electron chi connectivity index (χ1n) is 6.34. The fourth-order valence-corrected chi connectivity index (χ4v) is 2.95. The van der Waals surface area contributed by atoms with Gasteiger partial charge in [0.25, 0.3) is 5.69 Å². The van der Waals surface area contributed by atoms with Crippen LogP contribution in [0, 0.1) is 16.0 Å². The summed E-state index contributed by atoms with van der Waals surface area (Å²) in [6.07, 6.45) is 1.26. The van der Waals surface area contributed by atoms with Crippen molar-refractivity contribution in [2.75, 3.05) is 13.1 Å². The maximum absolute atomic E-state index is 10.9. The number of halogens is 1. The standard InChI is InChI=1S/C13H15BrN2O4/c14-11-5-9(6-12(7-11)16(19)20)8-15-3-1-10(2-4-15)13(17)18/h5-7,10H,1-4,8H2,(H,17,18). The summed E-state index contributed by atoms with van der Waals surface area (Å²) >= 11 is 3.27. The number of carboxylic acid groups (broad SMARTS) is 1. The second-order valence-electron chi connectivity index (χ2n) is 4.96. The predicted molar refractivity (Wildman–Crippen MR) is 76.4 cm³/mol. The molecule has 1 heterocycles. The third kappa shape index (κ3) is 3.77. The predicted octanol–water partition coefficient (Wildman–Crippen LogP) is 2.65. The highest BCUT2D eigenvalue weighted by atomic mass is 79.9. The molecule has 20 heavy (non-hydrogen) atoms. The molecule has 0 radical (unpaired) electrons. The molecule has 0 aliphatic carbocycles. The van der Waals surface area contributed by atoms with Crippen molar-refractivity contribution in [2.24, 2.45) is 5.92 Å². The molecule has 6 nitrogen and oxygen atoms in total. The molecule has 0 atom stereocenters. The molecule has 1 saturated heterocycles. The summed E-state index contributed by atoms with van der Waals surface area (Å²) in [5.41, 5.74) is 0.926. The minimum absolute atomic E-state index is 0.0646. The Labute approximate surface area is 124 Å². The van der Waals surface area contributed by atoms with Crippen molar-refractivity contribution < 1.29 is 14.8 Å². The van der Waals surface area contributed by atoms with Crippen molar-refractivity contribution in [3.8, 4) is 0 Å². The lowest BCUT2D eigenvalue weighted by Crippen LogP contribution is -2.35. The topological polar surface area (TPSA) is 83.7 Å². The number of hydrogen-bond donors (Lipinski definition) is 1. The highest BCUT2D eigenvalue weighted by Crippen LogP contribution is 2.24. The Balaban J connectivity index is 2.01. The van der Waals surface area contributed by atoms with E-state index in [1.165, 1.54) is 6.07 Å². The van der Waals surface area contributed by atoms with Gasteiger partial charge in [0.2, 0.25) is 0 Å². The molecule has 1 aromatic carbocycles. The fourth-order valence-electron chi connectivity index (χ4n) is 2.43. The number of rotatable bonds is 4. The van der Waals surface area contributed by atoms with Crippen LogP contribution in [0.25, 0.3) is 0 Å². The van der Waals surface area contributed by atoms with Crippen LogP contribution >= 0.6 is 15.9 Å². The van der Waals surface area contributed by atoms with Gasteiger partial charge in [0.1, 0.15) is 0 Å². The molecule has 1 aromatic rings. The highest BCUT2D eigenvalue weighted by Gasteiger charge is 2.24. The Bertz CT molecular complexity index is 527. The molecule has 2 rings (SSSR count). The first kappa shape index (κ1) is 14.9. The van der Waals surface area contributed by atoms with Gasteiger partial charge in [-0.1, -0.05) is 15.9 Å². The smallest absolute Gasteiger partial charge is 0.306 e. The summed E-state index contributed by atoms with van der Waals surface area (Å²) in [4.78, 5) is 23.4. The first-order valence-corrected chi connectivity index (χ1v) is 7.14. The molecule has 1 aliphatic heterocycles. The van der Waals surface area contributed by atoms with Crippen LogP contribution in [0.15, 0.2) is 22.7 Å². The van der Waals surface area contributed by atoms with Crippen LogP contribution < -0.4 is 0 Å². The van der Waals surface area contributed by atoms with E-state index in [0.29, 0.717) is 36.9 Å². The number of benzene rings is 1. The number of carbonyl (C=O) groups is 1. The Morgan fingerprint density at radius 1 is 1.40 bits per heavy atom. The Hall–Kier alpha value is -1.47. The van der Waals surface area contributed by atoms with E-state index in [9.17, 15) is 14.9 Å². The number of aliphatic carboxylic acids is 1. The van der Waals surface area contributed by atoms with E-state index in [1.54, 1.807) is 6.07 Å². The number of piperidine rings is 1. The maximum Gasteiger partial charge on any atom is 0.306 e. The summed E-state index contributed by atoms with van der Waals surface area (Å²) in [6, 6.07) is 4.89. The second kappa shape index (κ2) is 6.32. The lowest BCUT2D eigenvalue weighted by atomic mass is 9.97. The van der Waals surface area contributed by atoms with E-state index in [4.69, 9.17) is 5.11 Å². The molecule has 1 fully saturated rings. The number of nitro groups is 1. The molecule has 0 amide bonds. The zero-order valence-corrected chi connectivity index (χ0v) is 12.4. The minimum Gasteiger partial charge on any atom is -0.481 e. The van der Waals surface area contributed by atoms with E-state index in [-0.39, 0.29) is 11.6 Å². The van der Waals surface area contributed by atoms with Crippen LogP contribution in [-0.4, -0.2) is 34.0 Å². The van der Waals surface area contributed by atoms with Gasteiger partial charge < -0.3 is 5.11 Å². The average Bonchev–Trinajstić information content (AvgIpc) is 2.38. The summed E-state index contributed by atoms with van der Waals surface area (Å²) in [7, 11) is 0. The lowest BCUT2D eigenvalue weighted by Gasteiger charge is -2.29. The number of likely N-dealkylation sites (tertiary alicyclic amines) is 1. The Morgan fingerprint density at radius 2 is 2.05 bits per heavy atom. The Kier molecular flexibility index (Phi) is 4.72. The van der Waals surface area contributed by atoms with Crippen LogP contribution in [0.3, 0.4) is 0 Å². The van der Waals surface area contributed by atoms with Crippen LogP contribution in [-0.2, 0) is 11.3 Å². The largest absolute Gasteiger partial charge is 0.481 e. The van der Waals surface area contributed by atoms with Gasteiger partial charge >= 0.3 is 5.97 Å². The third-order valence-corrected chi connectivity index (χ3v) is 3.95. The molecule has 7 heteroatoms. The van der Waals surface area contributed by atoms with Gasteiger partial charge in [0.15, 0.2) is 0 Å². The minimum atomic E-state index is -0.734. The van der Waals surface area contributed by atoms with Crippen LogP contribution in [0.2, 0.25) is 0 Å². The van der Waals surface area contributed by atoms with Gasteiger partial charge in [-0.25, -0.2) is 0 Å². The fraction of sp³-hybridized carbons (Fsp3) is 0.462. The molecule has 1 N–H and O–H groups in total. The van der Waals surface area contributed by atoms with Crippen molar-refractivity contribution in [3.63, 3.8) is 0 Å². The molecule has 0 aromatic heterocycles. The zero-order valence-electron chi connectivity index (χ0n) is 10.8. The van der Waals surface area contributed by atoms with Gasteiger partial charge in [-0.2, -0.15) is 0 Å². The van der Waals surface area contributed by atoms with Gasteiger partial charge in [-0.3, -0.25) is 19.8 Å². The quantitative estimate of drug-likeness (QED) is 0.671. The summed E-state index contributed by atoms with van der Waals surface area (Å²) in [5, 5.41) is 19.8. The van der Waals surface area contributed by atoms with Gasteiger partial charge in [-0.05, 0) is 37.6 Å². The average molecular weight is 343 g/mol. The number of nitro benzene ring substituents is 1. The molecule has 0 unspecified atom stereocenters. The monoisotopic (exact) mass is 342 g/mol.